The summed E-state index contributed by atoms with van der Waals surface area (Å²) >= 11 is 0. The summed E-state index contributed by atoms with van der Waals surface area (Å²) in [5.41, 5.74) is 2.50. The lowest BCUT2D eigenvalue weighted by Gasteiger charge is -2.28. The fourth-order valence-corrected chi connectivity index (χ4v) is 4.97. The molecule has 0 saturated carbocycles. The second-order valence-corrected chi connectivity index (χ2v) is 10.2. The first-order chi connectivity index (χ1) is 15.6. The van der Waals surface area contributed by atoms with Crippen molar-refractivity contribution in [3.63, 3.8) is 0 Å². The molecular weight excluding hydrogens is 444 g/mol. The monoisotopic (exact) mass is 474 g/mol. The zero-order chi connectivity index (χ0) is 24.0. The molecule has 10 heteroatoms. The minimum atomic E-state index is -3.68. The summed E-state index contributed by atoms with van der Waals surface area (Å²) in [4.78, 5) is 25.3. The van der Waals surface area contributed by atoms with E-state index in [9.17, 15) is 23.3 Å². The maximum Gasteiger partial charge on any atom is 0.271 e. The average molecular weight is 475 g/mol. The average Bonchev–Trinajstić information content (AvgIpc) is 2.77. The van der Waals surface area contributed by atoms with Crippen LogP contribution in [0.3, 0.4) is 0 Å². The molecule has 178 valence electrons. The van der Waals surface area contributed by atoms with Crippen LogP contribution in [0.25, 0.3) is 0 Å². The summed E-state index contributed by atoms with van der Waals surface area (Å²) in [5, 5.41) is 14.0. The number of nitrogens with one attached hydrogen (secondary N) is 1. The Kier molecular flexibility index (Phi) is 7.91. The van der Waals surface area contributed by atoms with Gasteiger partial charge in [-0.05, 0) is 62.4 Å². The van der Waals surface area contributed by atoms with Crippen LogP contribution in [0.5, 0.6) is 0 Å². The van der Waals surface area contributed by atoms with E-state index in [-0.39, 0.29) is 36.7 Å². The number of amides is 1. The first kappa shape index (κ1) is 24.5. The molecule has 3 rings (SSSR count). The highest BCUT2D eigenvalue weighted by atomic mass is 32.2. The third kappa shape index (κ3) is 6.67. The number of carbonyl (C=O) groups excluding carboxylic acids is 1. The van der Waals surface area contributed by atoms with E-state index in [2.05, 4.69) is 10.2 Å². The van der Waals surface area contributed by atoms with Gasteiger partial charge in [0, 0.05) is 49.6 Å². The standard InChI is InChI=1S/C23H30N4O5S/c1-18-8-11-21(27(29)30)17-22(18)26(33(2,31)32)16-6-7-23(28)24-19-9-12-20(13-10-19)25-14-4-3-5-15-25/h8-13,17H,3-7,14-16H2,1-2H3,(H,24,28). The van der Waals surface area contributed by atoms with Gasteiger partial charge in [-0.25, -0.2) is 8.42 Å². The molecule has 0 aliphatic carbocycles. The Labute approximate surface area is 194 Å². The van der Waals surface area contributed by atoms with Gasteiger partial charge in [-0.15, -0.1) is 0 Å². The van der Waals surface area contributed by atoms with Gasteiger partial charge < -0.3 is 10.2 Å². The third-order valence-electron chi connectivity index (χ3n) is 5.71. The van der Waals surface area contributed by atoms with Crippen molar-refractivity contribution >= 4 is 38.7 Å². The molecule has 1 heterocycles. The number of hydrogen-bond donors (Lipinski definition) is 1. The number of sulfonamides is 1. The van der Waals surface area contributed by atoms with E-state index in [1.54, 1.807) is 6.92 Å². The highest BCUT2D eigenvalue weighted by Gasteiger charge is 2.22. The fourth-order valence-electron chi connectivity index (χ4n) is 3.96. The van der Waals surface area contributed by atoms with Crippen LogP contribution in [-0.2, 0) is 14.8 Å². The number of nitro groups is 1. The highest BCUT2D eigenvalue weighted by molar-refractivity contribution is 7.92. The summed E-state index contributed by atoms with van der Waals surface area (Å²) in [6.07, 6.45) is 5.09. The number of piperidine rings is 1. The number of non-ortho nitro benzene ring substituents is 1. The van der Waals surface area contributed by atoms with Gasteiger partial charge in [0.2, 0.25) is 15.9 Å². The molecule has 1 saturated heterocycles. The second kappa shape index (κ2) is 10.7. The topological polar surface area (TPSA) is 113 Å². The lowest BCUT2D eigenvalue weighted by atomic mass is 10.1. The molecule has 0 spiro atoms. The van der Waals surface area contributed by atoms with Crippen LogP contribution in [0, 0.1) is 17.0 Å². The number of benzene rings is 2. The van der Waals surface area contributed by atoms with Crippen LogP contribution in [-0.4, -0.2) is 45.1 Å². The van der Waals surface area contributed by atoms with E-state index in [4.69, 9.17) is 0 Å². The maximum atomic E-state index is 12.4. The van der Waals surface area contributed by atoms with Gasteiger partial charge in [0.15, 0.2) is 0 Å². The predicted molar refractivity (Wildman–Crippen MR) is 130 cm³/mol. The molecule has 0 aromatic heterocycles. The SMILES string of the molecule is Cc1ccc([N+](=O)[O-])cc1N(CCCC(=O)Nc1ccc(N2CCCCC2)cc1)S(C)(=O)=O. The van der Waals surface area contributed by atoms with E-state index in [0.717, 1.165) is 29.3 Å². The highest BCUT2D eigenvalue weighted by Crippen LogP contribution is 2.28. The minimum absolute atomic E-state index is 0.0438. The number of carbonyl (C=O) groups is 1. The molecular formula is C23H30N4O5S. The normalized spacial score (nSPS) is 14.1. The molecule has 2 aromatic carbocycles. The van der Waals surface area contributed by atoms with Gasteiger partial charge in [-0.1, -0.05) is 6.07 Å². The molecule has 0 unspecified atom stereocenters. The minimum Gasteiger partial charge on any atom is -0.372 e. The largest absolute Gasteiger partial charge is 0.372 e. The van der Waals surface area contributed by atoms with Gasteiger partial charge in [0.1, 0.15) is 0 Å². The zero-order valence-corrected chi connectivity index (χ0v) is 19.8. The van der Waals surface area contributed by atoms with Crippen molar-refractivity contribution in [1.82, 2.24) is 0 Å². The molecule has 0 bridgehead atoms. The molecule has 1 amide bonds. The van der Waals surface area contributed by atoms with Gasteiger partial charge in [0.05, 0.1) is 16.9 Å². The number of rotatable bonds is 9. The number of nitrogens with zero attached hydrogens (tertiary/aromatic N) is 3. The van der Waals surface area contributed by atoms with Crippen molar-refractivity contribution in [2.45, 2.75) is 39.0 Å². The zero-order valence-electron chi connectivity index (χ0n) is 19.0. The van der Waals surface area contributed by atoms with Crippen LogP contribution in [0.2, 0.25) is 0 Å². The molecule has 2 aromatic rings. The molecule has 0 radical (unpaired) electrons. The quantitative estimate of drug-likeness (QED) is 0.433. The molecule has 1 N–H and O–H groups in total. The first-order valence-corrected chi connectivity index (χ1v) is 12.9. The Hall–Kier alpha value is -3.14. The number of nitro benzene ring substituents is 1. The van der Waals surface area contributed by atoms with E-state index in [1.165, 1.54) is 37.5 Å². The lowest BCUT2D eigenvalue weighted by Crippen LogP contribution is -2.32. The number of hydrogen-bond acceptors (Lipinski definition) is 6. The Balaban J connectivity index is 1.59. The molecule has 1 fully saturated rings. The molecule has 1 aliphatic rings. The van der Waals surface area contributed by atoms with E-state index < -0.39 is 14.9 Å². The summed E-state index contributed by atoms with van der Waals surface area (Å²) < 4.78 is 25.8. The molecule has 33 heavy (non-hydrogen) atoms. The Morgan fingerprint density at radius 2 is 1.79 bits per heavy atom. The predicted octanol–water partition coefficient (Wildman–Crippen LogP) is 4.08. The molecule has 9 nitrogen and oxygen atoms in total. The first-order valence-electron chi connectivity index (χ1n) is 11.0. The van der Waals surface area contributed by atoms with Crippen LogP contribution in [0.1, 0.15) is 37.7 Å². The second-order valence-electron chi connectivity index (χ2n) is 8.31. The Bertz CT molecular complexity index is 1100. The van der Waals surface area contributed by atoms with E-state index >= 15 is 0 Å². The van der Waals surface area contributed by atoms with Gasteiger partial charge in [-0.2, -0.15) is 0 Å². The van der Waals surface area contributed by atoms with Crippen molar-refractivity contribution in [3.8, 4) is 0 Å². The number of anilines is 3. The fraction of sp³-hybridized carbons (Fsp3) is 0.435. The van der Waals surface area contributed by atoms with Crippen molar-refractivity contribution in [1.29, 1.82) is 0 Å². The van der Waals surface area contributed by atoms with Crippen molar-refractivity contribution in [2.24, 2.45) is 0 Å². The third-order valence-corrected chi connectivity index (χ3v) is 6.89. The smallest absolute Gasteiger partial charge is 0.271 e. The van der Waals surface area contributed by atoms with Crippen LogP contribution >= 0.6 is 0 Å². The molecule has 0 atom stereocenters. The van der Waals surface area contributed by atoms with Crippen molar-refractivity contribution in [2.75, 3.05) is 40.4 Å². The lowest BCUT2D eigenvalue weighted by molar-refractivity contribution is -0.384. The summed E-state index contributed by atoms with van der Waals surface area (Å²) in [7, 11) is -3.68. The Morgan fingerprint density at radius 1 is 1.12 bits per heavy atom. The molecule has 1 aliphatic heterocycles. The maximum absolute atomic E-state index is 12.4. The summed E-state index contributed by atoms with van der Waals surface area (Å²) in [5.74, 6) is -0.218. The Morgan fingerprint density at radius 3 is 2.39 bits per heavy atom. The summed E-state index contributed by atoms with van der Waals surface area (Å²) in [6, 6.07) is 11.8. The van der Waals surface area contributed by atoms with Gasteiger partial charge in [0.25, 0.3) is 5.69 Å². The van der Waals surface area contributed by atoms with Gasteiger partial charge >= 0.3 is 0 Å². The van der Waals surface area contributed by atoms with Crippen LogP contribution in [0.15, 0.2) is 42.5 Å². The van der Waals surface area contributed by atoms with Crippen LogP contribution < -0.4 is 14.5 Å². The van der Waals surface area contributed by atoms with Gasteiger partial charge in [-0.3, -0.25) is 19.2 Å². The van der Waals surface area contributed by atoms with E-state index in [0.29, 0.717) is 11.3 Å². The van der Waals surface area contributed by atoms with Crippen molar-refractivity contribution < 1.29 is 18.1 Å². The van der Waals surface area contributed by atoms with E-state index in [1.807, 2.05) is 24.3 Å². The van der Waals surface area contributed by atoms with Crippen molar-refractivity contribution in [3.05, 3.63) is 58.1 Å². The number of aryl methyl sites for hydroxylation is 1. The summed E-state index contributed by atoms with van der Waals surface area (Å²) in [6.45, 7) is 3.83. The van der Waals surface area contributed by atoms with Crippen LogP contribution in [0.4, 0.5) is 22.7 Å².